The maximum absolute atomic E-state index is 5.03. The Morgan fingerprint density at radius 3 is 2.95 bits per heavy atom. The predicted molar refractivity (Wildman–Crippen MR) is 77.7 cm³/mol. The average Bonchev–Trinajstić information content (AvgIpc) is 2.93. The van der Waals surface area contributed by atoms with E-state index in [0.717, 1.165) is 23.3 Å². The van der Waals surface area contributed by atoms with Crippen LogP contribution in [0.3, 0.4) is 0 Å². The third-order valence-corrected chi connectivity index (χ3v) is 3.63. The molecular weight excluding hydrogens is 258 g/mol. The van der Waals surface area contributed by atoms with Crippen molar-refractivity contribution in [1.82, 2.24) is 9.97 Å². The summed E-state index contributed by atoms with van der Waals surface area (Å²) in [7, 11) is 1.62. The number of aromatic nitrogens is 2. The lowest BCUT2D eigenvalue weighted by molar-refractivity contribution is 0.397. The molecule has 3 aromatic rings. The van der Waals surface area contributed by atoms with E-state index in [0.29, 0.717) is 5.88 Å². The van der Waals surface area contributed by atoms with Crippen molar-refractivity contribution in [3.8, 4) is 5.88 Å². The Labute approximate surface area is 115 Å². The molecule has 19 heavy (non-hydrogen) atoms. The van der Waals surface area contributed by atoms with Crippen LogP contribution >= 0.6 is 11.3 Å². The first-order valence-corrected chi connectivity index (χ1v) is 6.79. The van der Waals surface area contributed by atoms with Gasteiger partial charge in [0.1, 0.15) is 0 Å². The molecule has 0 amide bonds. The summed E-state index contributed by atoms with van der Waals surface area (Å²) in [5, 5.41) is 3.38. The molecule has 1 N–H and O–H groups in total. The minimum atomic E-state index is 0.634. The molecule has 0 saturated heterocycles. The number of anilines is 1. The Kier molecular flexibility index (Phi) is 3.29. The summed E-state index contributed by atoms with van der Waals surface area (Å²) < 4.78 is 6.23. The van der Waals surface area contributed by atoms with Crippen molar-refractivity contribution < 1.29 is 4.74 Å². The van der Waals surface area contributed by atoms with E-state index in [4.69, 9.17) is 4.74 Å². The van der Waals surface area contributed by atoms with Gasteiger partial charge in [0.05, 0.1) is 22.8 Å². The van der Waals surface area contributed by atoms with Crippen LogP contribution in [0.1, 0.15) is 5.56 Å². The zero-order chi connectivity index (χ0) is 13.1. The highest BCUT2D eigenvalue weighted by molar-refractivity contribution is 7.16. The molecule has 0 atom stereocenters. The number of fused-ring (bicyclic) bond motifs is 1. The second kappa shape index (κ2) is 5.24. The smallest absolute Gasteiger partial charge is 0.212 e. The van der Waals surface area contributed by atoms with Crippen molar-refractivity contribution in [3.63, 3.8) is 0 Å². The first-order valence-electron chi connectivity index (χ1n) is 5.91. The van der Waals surface area contributed by atoms with Crippen molar-refractivity contribution in [1.29, 1.82) is 0 Å². The summed E-state index contributed by atoms with van der Waals surface area (Å²) in [6.07, 6.45) is 1.82. The van der Waals surface area contributed by atoms with Gasteiger partial charge in [-0.05, 0) is 23.8 Å². The molecule has 5 heteroatoms. The van der Waals surface area contributed by atoms with Crippen LogP contribution in [0, 0.1) is 0 Å². The number of rotatable bonds is 4. The molecule has 4 nitrogen and oxygen atoms in total. The van der Waals surface area contributed by atoms with E-state index in [1.165, 1.54) is 4.70 Å². The maximum atomic E-state index is 5.03. The van der Waals surface area contributed by atoms with Crippen molar-refractivity contribution in [2.75, 3.05) is 12.4 Å². The van der Waals surface area contributed by atoms with Crippen LogP contribution in [0.2, 0.25) is 0 Å². The van der Waals surface area contributed by atoms with Gasteiger partial charge < -0.3 is 10.1 Å². The van der Waals surface area contributed by atoms with Crippen LogP contribution in [0.25, 0.3) is 10.2 Å². The molecule has 0 unspecified atom stereocenters. The third-order valence-electron chi connectivity index (χ3n) is 2.83. The molecule has 0 radical (unpaired) electrons. The highest BCUT2D eigenvalue weighted by atomic mass is 32.1. The van der Waals surface area contributed by atoms with Crippen LogP contribution in [-0.2, 0) is 6.54 Å². The second-order valence-corrected chi connectivity index (χ2v) is 4.98. The molecule has 0 bridgehead atoms. The normalized spacial score (nSPS) is 10.6. The second-order valence-electron chi connectivity index (χ2n) is 4.10. The minimum absolute atomic E-state index is 0.634. The fourth-order valence-electron chi connectivity index (χ4n) is 1.81. The molecule has 1 aromatic carbocycles. The van der Waals surface area contributed by atoms with Gasteiger partial charge in [-0.1, -0.05) is 6.07 Å². The summed E-state index contributed by atoms with van der Waals surface area (Å²) in [6, 6.07) is 10.1. The first kappa shape index (κ1) is 11.9. The topological polar surface area (TPSA) is 47.0 Å². The largest absolute Gasteiger partial charge is 0.481 e. The van der Waals surface area contributed by atoms with Gasteiger partial charge in [-0.3, -0.25) is 0 Å². The van der Waals surface area contributed by atoms with Crippen molar-refractivity contribution >= 4 is 27.2 Å². The van der Waals surface area contributed by atoms with Gasteiger partial charge in [-0.25, -0.2) is 9.97 Å². The van der Waals surface area contributed by atoms with Crippen molar-refractivity contribution in [3.05, 3.63) is 47.6 Å². The van der Waals surface area contributed by atoms with E-state index in [2.05, 4.69) is 21.4 Å². The highest BCUT2D eigenvalue weighted by Crippen LogP contribution is 2.22. The van der Waals surface area contributed by atoms with E-state index in [1.54, 1.807) is 18.4 Å². The van der Waals surface area contributed by atoms with Crippen LogP contribution in [0.5, 0.6) is 5.88 Å². The average molecular weight is 271 g/mol. The molecule has 2 aromatic heterocycles. The number of thiazole rings is 1. The number of ether oxygens (including phenoxy) is 1. The van der Waals surface area contributed by atoms with Crippen LogP contribution in [0.15, 0.2) is 42.0 Å². The van der Waals surface area contributed by atoms with Gasteiger partial charge in [0.15, 0.2) is 0 Å². The summed E-state index contributed by atoms with van der Waals surface area (Å²) in [4.78, 5) is 8.45. The van der Waals surface area contributed by atoms with Crippen LogP contribution in [0.4, 0.5) is 5.69 Å². The summed E-state index contributed by atoms with van der Waals surface area (Å²) in [5.74, 6) is 0.634. The number of benzene rings is 1. The number of nitrogens with one attached hydrogen (secondary N) is 1. The number of hydrogen-bond acceptors (Lipinski definition) is 5. The predicted octanol–water partition coefficient (Wildman–Crippen LogP) is 3.31. The van der Waals surface area contributed by atoms with E-state index in [-0.39, 0.29) is 0 Å². The van der Waals surface area contributed by atoms with E-state index in [1.807, 2.05) is 36.0 Å². The Hall–Kier alpha value is -2.14. The highest BCUT2D eigenvalue weighted by Gasteiger charge is 2.00. The minimum Gasteiger partial charge on any atom is -0.481 e. The zero-order valence-electron chi connectivity index (χ0n) is 10.5. The first-order chi connectivity index (χ1) is 9.35. The lowest BCUT2D eigenvalue weighted by Gasteiger charge is -2.06. The number of methoxy groups -OCH3 is 1. The van der Waals surface area contributed by atoms with Gasteiger partial charge in [0, 0.05) is 24.5 Å². The van der Waals surface area contributed by atoms with Crippen LogP contribution in [-0.4, -0.2) is 17.1 Å². The number of nitrogens with zero attached hydrogens (tertiary/aromatic N) is 2. The molecule has 0 aliphatic rings. The quantitative estimate of drug-likeness (QED) is 0.790. The zero-order valence-corrected chi connectivity index (χ0v) is 11.3. The summed E-state index contributed by atoms with van der Waals surface area (Å²) in [6.45, 7) is 0.737. The Balaban J connectivity index is 1.70. The molecular formula is C14H13N3OS. The summed E-state index contributed by atoms with van der Waals surface area (Å²) in [5.41, 5.74) is 5.11. The lowest BCUT2D eigenvalue weighted by atomic mass is 10.2. The third kappa shape index (κ3) is 2.66. The number of pyridine rings is 1. The molecule has 0 spiro atoms. The van der Waals surface area contributed by atoms with Gasteiger partial charge in [-0.15, -0.1) is 11.3 Å². The standard InChI is InChI=1S/C14H13N3OS/c1-18-14-5-2-10(8-16-14)7-15-11-3-4-12-13(6-11)19-9-17-12/h2-6,8-9,15H,7H2,1H3. The molecule has 0 fully saturated rings. The maximum Gasteiger partial charge on any atom is 0.212 e. The van der Waals surface area contributed by atoms with Crippen molar-refractivity contribution in [2.24, 2.45) is 0 Å². The monoisotopic (exact) mass is 271 g/mol. The van der Waals surface area contributed by atoms with Gasteiger partial charge in [-0.2, -0.15) is 0 Å². The Morgan fingerprint density at radius 2 is 2.16 bits per heavy atom. The fourth-order valence-corrected chi connectivity index (χ4v) is 2.52. The van der Waals surface area contributed by atoms with E-state index < -0.39 is 0 Å². The fraction of sp³-hybridized carbons (Fsp3) is 0.143. The van der Waals surface area contributed by atoms with Gasteiger partial charge >= 0.3 is 0 Å². The van der Waals surface area contributed by atoms with Gasteiger partial charge in [0.2, 0.25) is 5.88 Å². The van der Waals surface area contributed by atoms with E-state index in [9.17, 15) is 0 Å². The SMILES string of the molecule is COc1ccc(CNc2ccc3ncsc3c2)cn1. The molecule has 3 rings (SSSR count). The van der Waals surface area contributed by atoms with Crippen molar-refractivity contribution in [2.45, 2.75) is 6.54 Å². The van der Waals surface area contributed by atoms with Crippen LogP contribution < -0.4 is 10.1 Å². The molecule has 0 aliphatic carbocycles. The Morgan fingerprint density at radius 1 is 1.21 bits per heavy atom. The molecule has 2 heterocycles. The molecule has 0 saturated carbocycles. The number of hydrogen-bond donors (Lipinski definition) is 1. The lowest BCUT2D eigenvalue weighted by Crippen LogP contribution is -2.00. The molecule has 0 aliphatic heterocycles. The summed E-state index contributed by atoms with van der Waals surface area (Å²) >= 11 is 1.65. The van der Waals surface area contributed by atoms with E-state index >= 15 is 0 Å². The molecule has 96 valence electrons. The van der Waals surface area contributed by atoms with Gasteiger partial charge in [0.25, 0.3) is 0 Å². The Bertz CT molecular complexity index is 678.